The predicted molar refractivity (Wildman–Crippen MR) is 74.4 cm³/mol. The van der Waals surface area contributed by atoms with Crippen LogP contribution in [0.2, 0.25) is 0 Å². The van der Waals surface area contributed by atoms with Gasteiger partial charge in [0.2, 0.25) is 0 Å². The molecule has 0 fully saturated rings. The molecule has 0 aliphatic carbocycles. The van der Waals surface area contributed by atoms with Crippen molar-refractivity contribution in [3.8, 4) is 5.75 Å². The highest BCUT2D eigenvalue weighted by atomic mass is 79.9. The van der Waals surface area contributed by atoms with E-state index in [1.54, 1.807) is 24.3 Å². The van der Waals surface area contributed by atoms with E-state index in [-0.39, 0.29) is 11.6 Å². The molecular formula is C14H12BrF2NO. The smallest absolute Gasteiger partial charge is 0.165 e. The summed E-state index contributed by atoms with van der Waals surface area (Å²) in [5, 5.41) is 3.09. The Bertz CT molecular complexity index is 590. The summed E-state index contributed by atoms with van der Waals surface area (Å²) in [6, 6.07) is 9.38. The Hall–Kier alpha value is -1.62. The van der Waals surface area contributed by atoms with Gasteiger partial charge in [-0.1, -0.05) is 6.07 Å². The summed E-state index contributed by atoms with van der Waals surface area (Å²) in [5.74, 6) is -0.503. The SMILES string of the molecule is COc1ccc(CNc2ccc(F)c(Br)c2)cc1F. The normalized spacial score (nSPS) is 10.3. The van der Waals surface area contributed by atoms with E-state index >= 15 is 0 Å². The summed E-state index contributed by atoms with van der Waals surface area (Å²) in [6.45, 7) is 0.443. The van der Waals surface area contributed by atoms with E-state index < -0.39 is 5.82 Å². The molecule has 0 bridgehead atoms. The molecule has 5 heteroatoms. The number of anilines is 1. The Labute approximate surface area is 118 Å². The maximum Gasteiger partial charge on any atom is 0.165 e. The molecule has 0 amide bonds. The molecule has 2 nitrogen and oxygen atoms in total. The summed E-state index contributed by atoms with van der Waals surface area (Å²) in [6.07, 6.45) is 0. The lowest BCUT2D eigenvalue weighted by atomic mass is 10.2. The van der Waals surface area contributed by atoms with Crippen LogP contribution < -0.4 is 10.1 Å². The maximum absolute atomic E-state index is 13.5. The topological polar surface area (TPSA) is 21.3 Å². The molecule has 19 heavy (non-hydrogen) atoms. The lowest BCUT2D eigenvalue weighted by Crippen LogP contribution is -2.00. The van der Waals surface area contributed by atoms with Crippen molar-refractivity contribution in [2.75, 3.05) is 12.4 Å². The minimum Gasteiger partial charge on any atom is -0.494 e. The second-order valence-corrected chi connectivity index (χ2v) is 4.81. The molecule has 0 saturated heterocycles. The molecule has 0 spiro atoms. The third-order valence-corrected chi connectivity index (χ3v) is 3.24. The number of ether oxygens (including phenoxy) is 1. The van der Waals surface area contributed by atoms with Gasteiger partial charge in [0.05, 0.1) is 11.6 Å². The average Bonchev–Trinajstić information content (AvgIpc) is 2.40. The first-order chi connectivity index (χ1) is 9.10. The van der Waals surface area contributed by atoms with Gasteiger partial charge in [-0.3, -0.25) is 0 Å². The van der Waals surface area contributed by atoms with Gasteiger partial charge in [-0.05, 0) is 51.8 Å². The van der Waals surface area contributed by atoms with Crippen molar-refractivity contribution >= 4 is 21.6 Å². The fourth-order valence-electron chi connectivity index (χ4n) is 1.63. The number of methoxy groups -OCH3 is 1. The van der Waals surface area contributed by atoms with E-state index in [1.807, 2.05) is 0 Å². The molecule has 0 saturated carbocycles. The van der Waals surface area contributed by atoms with E-state index in [0.717, 1.165) is 11.3 Å². The van der Waals surface area contributed by atoms with E-state index in [0.29, 0.717) is 11.0 Å². The fraction of sp³-hybridized carbons (Fsp3) is 0.143. The molecule has 1 N–H and O–H groups in total. The second kappa shape index (κ2) is 6.02. The number of hydrogen-bond acceptors (Lipinski definition) is 2. The fourth-order valence-corrected chi connectivity index (χ4v) is 2.01. The molecule has 2 aromatic rings. The van der Waals surface area contributed by atoms with Gasteiger partial charge in [0.15, 0.2) is 11.6 Å². The van der Waals surface area contributed by atoms with E-state index in [1.165, 1.54) is 19.2 Å². The van der Waals surface area contributed by atoms with Crippen LogP contribution in [0.4, 0.5) is 14.5 Å². The number of halogens is 3. The highest BCUT2D eigenvalue weighted by Crippen LogP contribution is 2.21. The van der Waals surface area contributed by atoms with Gasteiger partial charge in [-0.15, -0.1) is 0 Å². The lowest BCUT2D eigenvalue weighted by Gasteiger charge is -2.09. The summed E-state index contributed by atoms with van der Waals surface area (Å²) in [5.41, 5.74) is 1.53. The van der Waals surface area contributed by atoms with E-state index in [2.05, 4.69) is 21.2 Å². The van der Waals surface area contributed by atoms with Gasteiger partial charge in [0.25, 0.3) is 0 Å². The molecule has 0 unspecified atom stereocenters. The standard InChI is InChI=1S/C14H12BrF2NO/c1-19-14-5-2-9(6-13(14)17)8-18-10-3-4-12(16)11(15)7-10/h2-7,18H,8H2,1H3. The minimum atomic E-state index is -0.401. The summed E-state index contributed by atoms with van der Waals surface area (Å²) >= 11 is 3.11. The van der Waals surface area contributed by atoms with Crippen LogP contribution in [0.15, 0.2) is 40.9 Å². The molecule has 2 aromatic carbocycles. The Morgan fingerprint density at radius 2 is 1.89 bits per heavy atom. The third kappa shape index (κ3) is 3.44. The molecule has 2 rings (SSSR count). The molecule has 0 radical (unpaired) electrons. The molecule has 0 heterocycles. The maximum atomic E-state index is 13.5. The largest absolute Gasteiger partial charge is 0.494 e. The van der Waals surface area contributed by atoms with Crippen LogP contribution in [-0.4, -0.2) is 7.11 Å². The van der Waals surface area contributed by atoms with Gasteiger partial charge in [-0.25, -0.2) is 8.78 Å². The number of hydrogen-bond donors (Lipinski definition) is 1. The quantitative estimate of drug-likeness (QED) is 0.901. The monoisotopic (exact) mass is 327 g/mol. The first-order valence-corrected chi connectivity index (χ1v) is 6.41. The van der Waals surface area contributed by atoms with Crippen LogP contribution in [0.5, 0.6) is 5.75 Å². The number of rotatable bonds is 4. The first kappa shape index (κ1) is 13.8. The lowest BCUT2D eigenvalue weighted by molar-refractivity contribution is 0.386. The Morgan fingerprint density at radius 1 is 1.11 bits per heavy atom. The van der Waals surface area contributed by atoms with Gasteiger partial charge in [0, 0.05) is 12.2 Å². The van der Waals surface area contributed by atoms with Crippen LogP contribution in [0.3, 0.4) is 0 Å². The second-order valence-electron chi connectivity index (χ2n) is 3.95. The summed E-state index contributed by atoms with van der Waals surface area (Å²) in [4.78, 5) is 0. The molecule has 0 aliphatic rings. The molecule has 0 aromatic heterocycles. The van der Waals surface area contributed by atoms with Gasteiger partial charge >= 0.3 is 0 Å². The van der Waals surface area contributed by atoms with E-state index in [9.17, 15) is 8.78 Å². The summed E-state index contributed by atoms with van der Waals surface area (Å²) < 4.78 is 31.8. The van der Waals surface area contributed by atoms with Crippen molar-refractivity contribution in [2.45, 2.75) is 6.54 Å². The molecule has 0 atom stereocenters. The van der Waals surface area contributed by atoms with Crippen molar-refractivity contribution in [1.29, 1.82) is 0 Å². The Morgan fingerprint density at radius 3 is 2.53 bits per heavy atom. The van der Waals surface area contributed by atoms with Gasteiger partial charge in [-0.2, -0.15) is 0 Å². The van der Waals surface area contributed by atoms with Gasteiger partial charge < -0.3 is 10.1 Å². The Kier molecular flexibility index (Phi) is 4.37. The van der Waals surface area contributed by atoms with Crippen LogP contribution >= 0.6 is 15.9 Å². The highest BCUT2D eigenvalue weighted by molar-refractivity contribution is 9.10. The average molecular weight is 328 g/mol. The Balaban J connectivity index is 2.05. The van der Waals surface area contributed by atoms with Crippen molar-refractivity contribution in [3.05, 3.63) is 58.1 Å². The van der Waals surface area contributed by atoms with Crippen molar-refractivity contribution in [1.82, 2.24) is 0 Å². The molecular weight excluding hydrogens is 316 g/mol. The van der Waals surface area contributed by atoms with Crippen LogP contribution in [0, 0.1) is 11.6 Å². The zero-order valence-electron chi connectivity index (χ0n) is 10.2. The van der Waals surface area contributed by atoms with Crippen molar-refractivity contribution < 1.29 is 13.5 Å². The van der Waals surface area contributed by atoms with Crippen LogP contribution in [0.1, 0.15) is 5.56 Å². The zero-order valence-corrected chi connectivity index (χ0v) is 11.8. The van der Waals surface area contributed by atoms with Crippen LogP contribution in [0.25, 0.3) is 0 Å². The third-order valence-electron chi connectivity index (χ3n) is 2.63. The molecule has 0 aliphatic heterocycles. The van der Waals surface area contributed by atoms with Crippen LogP contribution in [-0.2, 0) is 6.54 Å². The minimum absolute atomic E-state index is 0.216. The first-order valence-electron chi connectivity index (χ1n) is 5.61. The molecule has 100 valence electrons. The van der Waals surface area contributed by atoms with Crippen molar-refractivity contribution in [3.63, 3.8) is 0 Å². The highest BCUT2D eigenvalue weighted by Gasteiger charge is 2.04. The number of nitrogens with one attached hydrogen (secondary N) is 1. The van der Waals surface area contributed by atoms with Gasteiger partial charge in [0.1, 0.15) is 5.82 Å². The van der Waals surface area contributed by atoms with E-state index in [4.69, 9.17) is 4.74 Å². The number of benzene rings is 2. The van der Waals surface area contributed by atoms with Crippen molar-refractivity contribution in [2.24, 2.45) is 0 Å². The summed E-state index contributed by atoms with van der Waals surface area (Å²) in [7, 11) is 1.42. The predicted octanol–water partition coefficient (Wildman–Crippen LogP) is 4.35. The zero-order chi connectivity index (χ0) is 13.8.